The Balaban J connectivity index is 1.50. The van der Waals surface area contributed by atoms with E-state index in [1.54, 1.807) is 0 Å². The van der Waals surface area contributed by atoms with Crippen molar-refractivity contribution in [3.8, 4) is 0 Å². The second-order valence-electron chi connectivity index (χ2n) is 5.25. The number of benzene rings is 2. The lowest BCUT2D eigenvalue weighted by atomic mass is 10.1. The van der Waals surface area contributed by atoms with Crippen LogP contribution in [0.5, 0.6) is 0 Å². The SMILES string of the molecule is CCc1cccc(NC(=O)CSc2nnc(Nc3ccccc3)s2)c1. The van der Waals surface area contributed by atoms with Gasteiger partial charge < -0.3 is 10.6 Å². The van der Waals surface area contributed by atoms with Crippen LogP contribution >= 0.6 is 23.1 Å². The van der Waals surface area contributed by atoms with Crippen LogP contribution in [0.1, 0.15) is 12.5 Å². The van der Waals surface area contributed by atoms with Crippen molar-refractivity contribution >= 4 is 45.5 Å². The number of nitrogens with zero attached hydrogens (tertiary/aromatic N) is 2. The number of anilines is 3. The van der Waals surface area contributed by atoms with Crippen LogP contribution in [0.15, 0.2) is 58.9 Å². The third kappa shape index (κ3) is 5.30. The molecule has 0 radical (unpaired) electrons. The second-order valence-corrected chi connectivity index (χ2v) is 7.45. The topological polar surface area (TPSA) is 66.9 Å². The van der Waals surface area contributed by atoms with Crippen LogP contribution in [0.2, 0.25) is 0 Å². The Morgan fingerprint density at radius 2 is 1.88 bits per heavy atom. The van der Waals surface area contributed by atoms with Gasteiger partial charge in [0.2, 0.25) is 11.0 Å². The number of aryl methyl sites for hydroxylation is 1. The predicted octanol–water partition coefficient (Wildman–Crippen LogP) is 4.57. The van der Waals surface area contributed by atoms with Gasteiger partial charge in [0.05, 0.1) is 5.75 Å². The van der Waals surface area contributed by atoms with Crippen molar-refractivity contribution in [3.63, 3.8) is 0 Å². The Kier molecular flexibility index (Phi) is 6.03. The molecule has 0 aliphatic heterocycles. The predicted molar refractivity (Wildman–Crippen MR) is 105 cm³/mol. The van der Waals surface area contributed by atoms with Gasteiger partial charge in [0.1, 0.15) is 0 Å². The highest BCUT2D eigenvalue weighted by atomic mass is 32.2. The summed E-state index contributed by atoms with van der Waals surface area (Å²) in [5, 5.41) is 15.0. The van der Waals surface area contributed by atoms with E-state index in [9.17, 15) is 4.79 Å². The zero-order valence-corrected chi connectivity index (χ0v) is 15.4. The first-order valence-corrected chi connectivity index (χ1v) is 9.70. The highest BCUT2D eigenvalue weighted by Crippen LogP contribution is 2.27. The maximum atomic E-state index is 12.1. The van der Waals surface area contributed by atoms with Crippen LogP contribution in [0.25, 0.3) is 0 Å². The van der Waals surface area contributed by atoms with Gasteiger partial charge in [0.25, 0.3) is 0 Å². The van der Waals surface area contributed by atoms with Gasteiger partial charge in [-0.15, -0.1) is 10.2 Å². The molecule has 3 rings (SSSR count). The number of hydrogen-bond acceptors (Lipinski definition) is 6. The Bertz CT molecular complexity index is 836. The fourth-order valence-corrected chi connectivity index (χ4v) is 3.73. The molecule has 5 nitrogen and oxygen atoms in total. The number of nitrogens with one attached hydrogen (secondary N) is 2. The van der Waals surface area contributed by atoms with Crippen molar-refractivity contribution < 1.29 is 4.79 Å². The lowest BCUT2D eigenvalue weighted by Gasteiger charge is -2.05. The quantitative estimate of drug-likeness (QED) is 0.596. The lowest BCUT2D eigenvalue weighted by molar-refractivity contribution is -0.113. The fourth-order valence-electron chi connectivity index (χ4n) is 2.16. The second kappa shape index (κ2) is 8.64. The van der Waals surface area contributed by atoms with Crippen molar-refractivity contribution in [1.29, 1.82) is 0 Å². The molecule has 7 heteroatoms. The number of rotatable bonds is 7. The van der Waals surface area contributed by atoms with Crippen molar-refractivity contribution in [3.05, 3.63) is 60.2 Å². The van der Waals surface area contributed by atoms with Gasteiger partial charge in [-0.1, -0.05) is 60.4 Å². The van der Waals surface area contributed by atoms with Crippen LogP contribution in [-0.2, 0) is 11.2 Å². The van der Waals surface area contributed by atoms with Crippen LogP contribution < -0.4 is 10.6 Å². The first kappa shape index (κ1) is 17.4. The summed E-state index contributed by atoms with van der Waals surface area (Å²) in [6.45, 7) is 2.09. The molecule has 1 heterocycles. The van der Waals surface area contributed by atoms with E-state index in [-0.39, 0.29) is 5.91 Å². The minimum atomic E-state index is -0.0500. The van der Waals surface area contributed by atoms with Gasteiger partial charge in [0.15, 0.2) is 4.34 Å². The number of thioether (sulfide) groups is 1. The van der Waals surface area contributed by atoms with E-state index >= 15 is 0 Å². The van der Waals surface area contributed by atoms with E-state index < -0.39 is 0 Å². The Hall–Kier alpha value is -2.38. The molecule has 128 valence electrons. The number of aromatic nitrogens is 2. The van der Waals surface area contributed by atoms with E-state index in [0.29, 0.717) is 10.9 Å². The summed E-state index contributed by atoms with van der Waals surface area (Å²) in [4.78, 5) is 12.1. The number of carbonyl (C=O) groups excluding carboxylic acids is 1. The van der Waals surface area contributed by atoms with Crippen LogP contribution in [-0.4, -0.2) is 21.9 Å². The fraction of sp³-hybridized carbons (Fsp3) is 0.167. The molecular weight excluding hydrogens is 352 g/mol. The minimum absolute atomic E-state index is 0.0500. The third-order valence-corrected chi connectivity index (χ3v) is 5.35. The summed E-state index contributed by atoms with van der Waals surface area (Å²) < 4.78 is 0.760. The molecule has 0 saturated carbocycles. The molecular formula is C18H18N4OS2. The van der Waals surface area contributed by atoms with E-state index in [1.807, 2.05) is 54.6 Å². The monoisotopic (exact) mass is 370 g/mol. The number of para-hydroxylation sites is 1. The summed E-state index contributed by atoms with van der Waals surface area (Å²) in [7, 11) is 0. The molecule has 0 unspecified atom stereocenters. The molecule has 0 aliphatic carbocycles. The first-order chi connectivity index (χ1) is 12.2. The summed E-state index contributed by atoms with van der Waals surface area (Å²) in [6, 6.07) is 17.7. The van der Waals surface area contributed by atoms with Crippen molar-refractivity contribution in [2.45, 2.75) is 17.7 Å². The van der Waals surface area contributed by atoms with Gasteiger partial charge in [-0.05, 0) is 36.2 Å². The molecule has 1 aromatic heterocycles. The van der Waals surface area contributed by atoms with Gasteiger partial charge >= 0.3 is 0 Å². The normalized spacial score (nSPS) is 10.4. The van der Waals surface area contributed by atoms with E-state index in [1.165, 1.54) is 28.7 Å². The van der Waals surface area contributed by atoms with Crippen LogP contribution in [0, 0.1) is 0 Å². The standard InChI is InChI=1S/C18H18N4OS2/c1-2-13-7-6-10-15(11-13)19-16(23)12-24-18-22-21-17(25-18)20-14-8-4-3-5-9-14/h3-11H,2,12H2,1H3,(H,19,23)(H,20,21). The molecule has 2 N–H and O–H groups in total. The summed E-state index contributed by atoms with van der Waals surface area (Å²) in [5.74, 6) is 0.252. The highest BCUT2D eigenvalue weighted by molar-refractivity contribution is 8.01. The average molecular weight is 371 g/mol. The molecule has 0 atom stereocenters. The molecule has 2 aromatic carbocycles. The van der Waals surface area contributed by atoms with Crippen molar-refractivity contribution in [2.24, 2.45) is 0 Å². The van der Waals surface area contributed by atoms with Gasteiger partial charge in [-0.2, -0.15) is 0 Å². The molecule has 3 aromatic rings. The third-order valence-electron chi connectivity index (χ3n) is 3.38. The highest BCUT2D eigenvalue weighted by Gasteiger charge is 2.09. The lowest BCUT2D eigenvalue weighted by Crippen LogP contribution is -2.14. The Morgan fingerprint density at radius 1 is 1.08 bits per heavy atom. The molecule has 0 bridgehead atoms. The number of hydrogen-bond donors (Lipinski definition) is 2. The maximum absolute atomic E-state index is 12.1. The van der Waals surface area contributed by atoms with E-state index in [0.717, 1.165) is 22.1 Å². The largest absolute Gasteiger partial charge is 0.330 e. The molecule has 25 heavy (non-hydrogen) atoms. The molecule has 0 spiro atoms. The van der Waals surface area contributed by atoms with E-state index in [2.05, 4.69) is 27.8 Å². The molecule has 0 saturated heterocycles. The van der Waals surface area contributed by atoms with E-state index in [4.69, 9.17) is 0 Å². The van der Waals surface area contributed by atoms with Crippen LogP contribution in [0.3, 0.4) is 0 Å². The van der Waals surface area contributed by atoms with Crippen molar-refractivity contribution in [2.75, 3.05) is 16.4 Å². The van der Waals surface area contributed by atoms with Crippen molar-refractivity contribution in [1.82, 2.24) is 10.2 Å². The van der Waals surface area contributed by atoms with Gasteiger partial charge in [-0.25, -0.2) is 0 Å². The maximum Gasteiger partial charge on any atom is 0.234 e. The average Bonchev–Trinajstić information content (AvgIpc) is 3.08. The molecule has 1 amide bonds. The smallest absolute Gasteiger partial charge is 0.234 e. The molecule has 0 fully saturated rings. The summed E-state index contributed by atoms with van der Waals surface area (Å²) in [6.07, 6.45) is 0.945. The zero-order valence-electron chi connectivity index (χ0n) is 13.7. The zero-order chi connectivity index (χ0) is 17.5. The first-order valence-electron chi connectivity index (χ1n) is 7.90. The molecule has 0 aliphatic rings. The Labute approximate surface area is 154 Å². The Morgan fingerprint density at radius 3 is 2.68 bits per heavy atom. The van der Waals surface area contributed by atoms with Gasteiger partial charge in [0, 0.05) is 11.4 Å². The summed E-state index contributed by atoms with van der Waals surface area (Å²) in [5.41, 5.74) is 2.99. The van der Waals surface area contributed by atoms with Crippen LogP contribution in [0.4, 0.5) is 16.5 Å². The number of amides is 1. The minimum Gasteiger partial charge on any atom is -0.330 e. The summed E-state index contributed by atoms with van der Waals surface area (Å²) >= 11 is 2.81. The number of carbonyl (C=O) groups is 1. The van der Waals surface area contributed by atoms with Gasteiger partial charge in [-0.3, -0.25) is 4.79 Å².